The summed E-state index contributed by atoms with van der Waals surface area (Å²) in [5.41, 5.74) is 0. The molecule has 0 saturated heterocycles. The van der Waals surface area contributed by atoms with Crippen molar-refractivity contribution in [3.63, 3.8) is 0 Å². The molecule has 4 radical (unpaired) electrons. The Morgan fingerprint density at radius 2 is 0.750 bits per heavy atom. The van der Waals surface area contributed by atoms with Gasteiger partial charge in [0.15, 0.2) is 0 Å². The van der Waals surface area contributed by atoms with Crippen molar-refractivity contribution in [3.8, 4) is 0 Å². The Hall–Kier alpha value is 1.72. The standard InChI is InChI=1S/Cd.2ClH.Si/h;2*1H;/q+2;;;/p-2. The van der Waals surface area contributed by atoms with Crippen molar-refractivity contribution in [3.05, 3.63) is 0 Å². The molecule has 0 fully saturated rings. The molecule has 20 valence electrons. The normalized spacial score (nSPS) is 0. The van der Waals surface area contributed by atoms with Gasteiger partial charge in [0.05, 0.1) is 0 Å². The maximum atomic E-state index is 0. The molecule has 4 heavy (non-hydrogen) atoms. The molecule has 0 amide bonds. The second-order valence-electron chi connectivity index (χ2n) is 0. The van der Waals surface area contributed by atoms with Crippen molar-refractivity contribution < 1.29 is 52.1 Å². The monoisotopic (exact) mass is 212 g/mol. The van der Waals surface area contributed by atoms with Crippen molar-refractivity contribution in [2.75, 3.05) is 0 Å². The largest absolute Gasteiger partial charge is 2.00 e. The Balaban J connectivity index is 0. The topological polar surface area (TPSA) is 0 Å². The van der Waals surface area contributed by atoms with Crippen LogP contribution in [0.2, 0.25) is 0 Å². The van der Waals surface area contributed by atoms with E-state index in [1.807, 2.05) is 0 Å². The van der Waals surface area contributed by atoms with Gasteiger partial charge in [0, 0.05) is 11.0 Å². The zero-order chi connectivity index (χ0) is 0. The third-order valence-corrected chi connectivity index (χ3v) is 0. The van der Waals surface area contributed by atoms with Gasteiger partial charge in [-0.25, -0.2) is 0 Å². The predicted molar refractivity (Wildman–Crippen MR) is 5.75 cm³/mol. The SMILES string of the molecule is [Cd+2].[Cl-].[Cl-].[Si]. The average molecular weight is 211 g/mol. The average Bonchev–Trinajstić information content (AvgIpc) is 0. The van der Waals surface area contributed by atoms with Crippen LogP contribution in [0.1, 0.15) is 0 Å². The predicted octanol–water partition coefficient (Wildman–Crippen LogP) is -6.38. The van der Waals surface area contributed by atoms with Crippen LogP contribution in [0.3, 0.4) is 0 Å². The summed E-state index contributed by atoms with van der Waals surface area (Å²) >= 11 is 0. The Morgan fingerprint density at radius 1 is 0.750 bits per heavy atom. The fraction of sp³-hybridized carbons (Fsp3) is 0. The molecule has 0 spiro atoms. The van der Waals surface area contributed by atoms with Crippen LogP contribution in [0, 0.1) is 0 Å². The molecule has 0 heterocycles. The second-order valence-corrected chi connectivity index (χ2v) is 0. The molecule has 0 atom stereocenters. The molecule has 4 heteroatoms. The summed E-state index contributed by atoms with van der Waals surface area (Å²) in [4.78, 5) is 0. The maximum absolute atomic E-state index is 0. The second kappa shape index (κ2) is 22.1. The number of hydrogen-bond donors (Lipinski definition) is 0. The first kappa shape index (κ1) is 43.1. The van der Waals surface area contributed by atoms with Gasteiger partial charge in [-0.05, 0) is 0 Å². The number of halogens is 2. The molecular weight excluding hydrogens is 211 g/mol. The molecule has 0 aliphatic rings. The third kappa shape index (κ3) is 9.30. The van der Waals surface area contributed by atoms with Gasteiger partial charge in [-0.2, -0.15) is 0 Å². The van der Waals surface area contributed by atoms with E-state index in [1.54, 1.807) is 0 Å². The van der Waals surface area contributed by atoms with Crippen LogP contribution in [0.15, 0.2) is 0 Å². The number of hydrogen-bond acceptors (Lipinski definition) is 0. The summed E-state index contributed by atoms with van der Waals surface area (Å²) in [7, 11) is 0. The zero-order valence-electron chi connectivity index (χ0n) is 1.96. The number of rotatable bonds is 0. The fourth-order valence-corrected chi connectivity index (χ4v) is 0. The van der Waals surface area contributed by atoms with Crippen LogP contribution >= 0.6 is 0 Å². The Kier molecular flexibility index (Phi) is 238. The summed E-state index contributed by atoms with van der Waals surface area (Å²) in [6, 6.07) is 0. The molecule has 0 N–H and O–H groups in total. The van der Waals surface area contributed by atoms with E-state index in [0.717, 1.165) is 0 Å². The van der Waals surface area contributed by atoms with E-state index in [1.165, 1.54) is 0 Å². The Labute approximate surface area is 62.7 Å². The van der Waals surface area contributed by atoms with Gasteiger partial charge in [0.25, 0.3) is 0 Å². The minimum atomic E-state index is 0. The van der Waals surface area contributed by atoms with Gasteiger partial charge in [0.1, 0.15) is 0 Å². The van der Waals surface area contributed by atoms with Crippen molar-refractivity contribution in [1.82, 2.24) is 0 Å². The first-order valence-electron chi connectivity index (χ1n) is 0. The van der Waals surface area contributed by atoms with Crippen molar-refractivity contribution in [2.45, 2.75) is 0 Å². The fourth-order valence-electron chi connectivity index (χ4n) is 0. The Morgan fingerprint density at radius 3 is 0.750 bits per heavy atom. The van der Waals surface area contributed by atoms with Gasteiger partial charge < -0.3 is 24.8 Å². The van der Waals surface area contributed by atoms with Gasteiger partial charge in [-0.3, -0.25) is 0 Å². The molecule has 0 aromatic carbocycles. The molecule has 0 aliphatic carbocycles. The van der Waals surface area contributed by atoms with E-state index >= 15 is 0 Å². The molecule has 0 unspecified atom stereocenters. The van der Waals surface area contributed by atoms with Gasteiger partial charge in [-0.15, -0.1) is 0 Å². The van der Waals surface area contributed by atoms with E-state index in [9.17, 15) is 0 Å². The molecular formula is CdCl2Si. The zero-order valence-corrected chi connectivity index (χ0v) is 8.51. The summed E-state index contributed by atoms with van der Waals surface area (Å²) < 4.78 is 0. The summed E-state index contributed by atoms with van der Waals surface area (Å²) in [5.74, 6) is 0. The first-order chi connectivity index (χ1) is 0. The summed E-state index contributed by atoms with van der Waals surface area (Å²) in [5, 5.41) is 0. The van der Waals surface area contributed by atoms with E-state index < -0.39 is 0 Å². The quantitative estimate of drug-likeness (QED) is 0.350. The van der Waals surface area contributed by atoms with Gasteiger partial charge in [0.2, 0.25) is 0 Å². The Bertz CT molecular complexity index is 6.00. The van der Waals surface area contributed by atoms with E-state index in [-0.39, 0.29) is 63.1 Å². The van der Waals surface area contributed by atoms with Crippen LogP contribution in [0.5, 0.6) is 0 Å². The van der Waals surface area contributed by atoms with Crippen molar-refractivity contribution in [2.24, 2.45) is 0 Å². The third-order valence-electron chi connectivity index (χ3n) is 0. The van der Waals surface area contributed by atoms with E-state index in [4.69, 9.17) is 0 Å². The van der Waals surface area contributed by atoms with Crippen LogP contribution in [-0.4, -0.2) is 11.0 Å². The van der Waals surface area contributed by atoms with Crippen LogP contribution in [-0.2, 0) is 27.3 Å². The minimum Gasteiger partial charge on any atom is -1.00 e. The smallest absolute Gasteiger partial charge is 1.00 e. The molecule has 0 bridgehead atoms. The van der Waals surface area contributed by atoms with Gasteiger partial charge >= 0.3 is 27.3 Å². The molecule has 0 aliphatic heterocycles. The molecule has 0 aromatic rings. The minimum absolute atomic E-state index is 0. The van der Waals surface area contributed by atoms with Gasteiger partial charge in [-0.1, -0.05) is 0 Å². The van der Waals surface area contributed by atoms with E-state index in [0.29, 0.717) is 0 Å². The maximum Gasteiger partial charge on any atom is 2.00 e. The summed E-state index contributed by atoms with van der Waals surface area (Å²) in [6.45, 7) is 0. The van der Waals surface area contributed by atoms with Crippen molar-refractivity contribution in [1.29, 1.82) is 0 Å². The molecule has 0 saturated carbocycles. The van der Waals surface area contributed by atoms with E-state index in [2.05, 4.69) is 0 Å². The first-order valence-corrected chi connectivity index (χ1v) is 0. The molecule has 0 rings (SSSR count). The molecule has 0 aromatic heterocycles. The summed E-state index contributed by atoms with van der Waals surface area (Å²) in [6.07, 6.45) is 0. The van der Waals surface area contributed by atoms with Crippen LogP contribution < -0.4 is 24.8 Å². The van der Waals surface area contributed by atoms with Crippen LogP contribution in [0.4, 0.5) is 0 Å². The van der Waals surface area contributed by atoms with Crippen LogP contribution in [0.25, 0.3) is 0 Å². The van der Waals surface area contributed by atoms with Crippen molar-refractivity contribution >= 4 is 11.0 Å². The molecule has 0 nitrogen and oxygen atoms in total.